The Labute approximate surface area is 120 Å². The van der Waals surface area contributed by atoms with Crippen molar-refractivity contribution in [2.45, 2.75) is 32.8 Å². The van der Waals surface area contributed by atoms with Gasteiger partial charge < -0.3 is 20.5 Å². The average Bonchev–Trinajstić information content (AvgIpc) is 2.37. The highest BCUT2D eigenvalue weighted by atomic mass is 16.5. The SMILES string of the molecule is CCCNCC(C)(O)COc1ccc(NC(C)=O)cc1. The number of aliphatic hydroxyl groups is 1. The summed E-state index contributed by atoms with van der Waals surface area (Å²) in [5.41, 5.74) is -0.188. The Hall–Kier alpha value is -1.59. The smallest absolute Gasteiger partial charge is 0.221 e. The molecule has 0 fully saturated rings. The molecule has 20 heavy (non-hydrogen) atoms. The van der Waals surface area contributed by atoms with Crippen LogP contribution in [0, 0.1) is 0 Å². The third-order valence-corrected chi connectivity index (χ3v) is 2.66. The van der Waals surface area contributed by atoms with Crippen molar-refractivity contribution in [3.8, 4) is 5.75 Å². The lowest BCUT2D eigenvalue weighted by Crippen LogP contribution is -2.43. The van der Waals surface area contributed by atoms with Crippen LogP contribution >= 0.6 is 0 Å². The molecule has 1 unspecified atom stereocenters. The van der Waals surface area contributed by atoms with E-state index in [9.17, 15) is 9.90 Å². The van der Waals surface area contributed by atoms with Gasteiger partial charge in [-0.1, -0.05) is 6.92 Å². The van der Waals surface area contributed by atoms with E-state index in [4.69, 9.17) is 4.74 Å². The second kappa shape index (κ2) is 7.87. The first-order chi connectivity index (χ1) is 9.43. The molecule has 0 bridgehead atoms. The number of hydrogen-bond donors (Lipinski definition) is 3. The summed E-state index contributed by atoms with van der Waals surface area (Å²) in [5, 5.41) is 16.0. The number of benzene rings is 1. The first kappa shape index (κ1) is 16.5. The number of nitrogens with one attached hydrogen (secondary N) is 2. The maximum atomic E-state index is 10.9. The largest absolute Gasteiger partial charge is 0.491 e. The van der Waals surface area contributed by atoms with Crippen LogP contribution < -0.4 is 15.4 Å². The zero-order valence-corrected chi connectivity index (χ0v) is 12.4. The van der Waals surface area contributed by atoms with Gasteiger partial charge in [0.15, 0.2) is 0 Å². The average molecular weight is 280 g/mol. The van der Waals surface area contributed by atoms with E-state index in [0.29, 0.717) is 12.3 Å². The van der Waals surface area contributed by atoms with Crippen LogP contribution in [0.25, 0.3) is 0 Å². The lowest BCUT2D eigenvalue weighted by Gasteiger charge is -2.24. The summed E-state index contributed by atoms with van der Waals surface area (Å²) in [6.45, 7) is 6.86. The van der Waals surface area contributed by atoms with E-state index in [0.717, 1.165) is 18.7 Å². The van der Waals surface area contributed by atoms with Crippen LogP contribution in [0.15, 0.2) is 24.3 Å². The molecule has 3 N–H and O–H groups in total. The monoisotopic (exact) mass is 280 g/mol. The van der Waals surface area contributed by atoms with E-state index in [1.54, 1.807) is 31.2 Å². The summed E-state index contributed by atoms with van der Waals surface area (Å²) in [6.07, 6.45) is 1.03. The van der Waals surface area contributed by atoms with E-state index in [2.05, 4.69) is 17.6 Å². The maximum Gasteiger partial charge on any atom is 0.221 e. The van der Waals surface area contributed by atoms with Crippen molar-refractivity contribution >= 4 is 11.6 Å². The van der Waals surface area contributed by atoms with Gasteiger partial charge in [-0.2, -0.15) is 0 Å². The first-order valence-corrected chi connectivity index (χ1v) is 6.86. The first-order valence-electron chi connectivity index (χ1n) is 6.86. The number of anilines is 1. The maximum absolute atomic E-state index is 10.9. The third kappa shape index (κ3) is 6.54. The van der Waals surface area contributed by atoms with Gasteiger partial charge >= 0.3 is 0 Å². The van der Waals surface area contributed by atoms with Gasteiger partial charge in [0.2, 0.25) is 5.91 Å². The molecule has 0 heterocycles. The van der Waals surface area contributed by atoms with Crippen LogP contribution in [0.2, 0.25) is 0 Å². The molecule has 0 saturated heterocycles. The molecule has 1 aromatic rings. The molecule has 0 aromatic heterocycles. The fourth-order valence-corrected chi connectivity index (χ4v) is 1.66. The Morgan fingerprint density at radius 1 is 1.35 bits per heavy atom. The van der Waals surface area contributed by atoms with Crippen LogP contribution in [-0.2, 0) is 4.79 Å². The summed E-state index contributed by atoms with van der Waals surface area (Å²) in [5.74, 6) is 0.554. The molecule has 0 saturated carbocycles. The van der Waals surface area contributed by atoms with Crippen molar-refractivity contribution in [2.75, 3.05) is 25.0 Å². The number of carbonyl (C=O) groups excluding carboxylic acids is 1. The minimum absolute atomic E-state index is 0.108. The summed E-state index contributed by atoms with van der Waals surface area (Å²) in [6, 6.07) is 7.06. The van der Waals surface area contributed by atoms with Crippen LogP contribution in [0.3, 0.4) is 0 Å². The predicted octanol–water partition coefficient (Wildman–Crippen LogP) is 1.77. The van der Waals surface area contributed by atoms with E-state index in [1.807, 2.05) is 0 Å². The Balaban J connectivity index is 2.42. The minimum atomic E-state index is -0.911. The zero-order valence-electron chi connectivity index (χ0n) is 12.4. The standard InChI is InChI=1S/C15H24N2O3/c1-4-9-16-10-15(3,19)11-20-14-7-5-13(6-8-14)17-12(2)18/h5-8,16,19H,4,9-11H2,1-3H3,(H,17,18). The molecule has 1 atom stereocenters. The molecule has 0 aliphatic heterocycles. The predicted molar refractivity (Wildman–Crippen MR) is 80.0 cm³/mol. The minimum Gasteiger partial charge on any atom is -0.491 e. The van der Waals surface area contributed by atoms with Crippen molar-refractivity contribution in [3.05, 3.63) is 24.3 Å². The van der Waals surface area contributed by atoms with Crippen molar-refractivity contribution in [2.24, 2.45) is 0 Å². The summed E-state index contributed by atoms with van der Waals surface area (Å²) < 4.78 is 5.56. The number of rotatable bonds is 8. The lowest BCUT2D eigenvalue weighted by atomic mass is 10.1. The van der Waals surface area contributed by atoms with Crippen molar-refractivity contribution in [1.29, 1.82) is 0 Å². The molecule has 5 heteroatoms. The molecule has 0 aliphatic rings. The highest BCUT2D eigenvalue weighted by Crippen LogP contribution is 2.17. The third-order valence-electron chi connectivity index (χ3n) is 2.66. The van der Waals surface area contributed by atoms with Crippen LogP contribution in [-0.4, -0.2) is 36.3 Å². The fourth-order valence-electron chi connectivity index (χ4n) is 1.66. The van der Waals surface area contributed by atoms with Gasteiger partial charge in [0, 0.05) is 19.2 Å². The lowest BCUT2D eigenvalue weighted by molar-refractivity contribution is -0.114. The highest BCUT2D eigenvalue weighted by Gasteiger charge is 2.20. The second-order valence-corrected chi connectivity index (χ2v) is 5.17. The molecule has 0 radical (unpaired) electrons. The Bertz CT molecular complexity index is 416. The van der Waals surface area contributed by atoms with Gasteiger partial charge in [-0.25, -0.2) is 0 Å². The van der Waals surface area contributed by atoms with Gasteiger partial charge in [-0.3, -0.25) is 4.79 Å². The van der Waals surface area contributed by atoms with E-state index in [1.165, 1.54) is 6.92 Å². The molecule has 0 spiro atoms. The Morgan fingerprint density at radius 2 is 2.00 bits per heavy atom. The van der Waals surface area contributed by atoms with Gasteiger partial charge in [-0.05, 0) is 44.2 Å². The molecule has 1 amide bonds. The highest BCUT2D eigenvalue weighted by molar-refractivity contribution is 5.88. The molecule has 0 aliphatic carbocycles. The van der Waals surface area contributed by atoms with Gasteiger partial charge in [-0.15, -0.1) is 0 Å². The molecular formula is C15H24N2O3. The van der Waals surface area contributed by atoms with E-state index in [-0.39, 0.29) is 12.5 Å². The molecule has 112 valence electrons. The van der Waals surface area contributed by atoms with Crippen molar-refractivity contribution in [3.63, 3.8) is 0 Å². The summed E-state index contributed by atoms with van der Waals surface area (Å²) >= 11 is 0. The topological polar surface area (TPSA) is 70.6 Å². The number of ether oxygens (including phenoxy) is 1. The van der Waals surface area contributed by atoms with Gasteiger partial charge in [0.1, 0.15) is 18.0 Å². The Kier molecular flexibility index (Phi) is 6.48. The number of amides is 1. The van der Waals surface area contributed by atoms with E-state index >= 15 is 0 Å². The van der Waals surface area contributed by atoms with Crippen LogP contribution in [0.5, 0.6) is 5.75 Å². The fraction of sp³-hybridized carbons (Fsp3) is 0.533. The normalized spacial score (nSPS) is 13.6. The number of hydrogen-bond acceptors (Lipinski definition) is 4. The zero-order chi connectivity index (χ0) is 15.0. The Morgan fingerprint density at radius 3 is 2.55 bits per heavy atom. The second-order valence-electron chi connectivity index (χ2n) is 5.17. The van der Waals surface area contributed by atoms with Gasteiger partial charge in [0.05, 0.1) is 0 Å². The number of carbonyl (C=O) groups is 1. The van der Waals surface area contributed by atoms with Crippen molar-refractivity contribution < 1.29 is 14.6 Å². The summed E-state index contributed by atoms with van der Waals surface area (Å²) in [4.78, 5) is 10.9. The van der Waals surface area contributed by atoms with Crippen LogP contribution in [0.1, 0.15) is 27.2 Å². The summed E-state index contributed by atoms with van der Waals surface area (Å²) in [7, 11) is 0. The molecule has 5 nitrogen and oxygen atoms in total. The van der Waals surface area contributed by atoms with Crippen molar-refractivity contribution in [1.82, 2.24) is 5.32 Å². The molecule has 1 rings (SSSR count). The molecule has 1 aromatic carbocycles. The quantitative estimate of drug-likeness (QED) is 0.635. The van der Waals surface area contributed by atoms with E-state index < -0.39 is 5.60 Å². The van der Waals surface area contributed by atoms with Gasteiger partial charge in [0.25, 0.3) is 0 Å². The molecular weight excluding hydrogens is 256 g/mol. The van der Waals surface area contributed by atoms with Crippen LogP contribution in [0.4, 0.5) is 5.69 Å².